The Morgan fingerprint density at radius 1 is 1.03 bits per heavy atom. The van der Waals surface area contributed by atoms with Gasteiger partial charge in [-0.2, -0.15) is 5.10 Å². The number of rotatable bonds is 5. The van der Waals surface area contributed by atoms with Gasteiger partial charge in [-0.25, -0.2) is 13.9 Å². The highest BCUT2D eigenvalue weighted by atomic mass is 19.1. The molecule has 154 valence electrons. The van der Waals surface area contributed by atoms with Crippen molar-refractivity contribution in [2.75, 3.05) is 50.0 Å². The van der Waals surface area contributed by atoms with Gasteiger partial charge in [-0.15, -0.1) is 0 Å². The SMILES string of the molecule is [C-]#[N+]c1ccc(-c2cc(N)nn2-c2ccc(N3CCN(CCO)CC3)cc2)cc1F. The fraction of sp³-hybridized carbons (Fsp3) is 0.273. The largest absolute Gasteiger partial charge is 0.395 e. The monoisotopic (exact) mass is 406 g/mol. The summed E-state index contributed by atoms with van der Waals surface area (Å²) in [4.78, 5) is 7.73. The Balaban J connectivity index is 1.57. The van der Waals surface area contributed by atoms with Crippen LogP contribution < -0.4 is 10.6 Å². The molecule has 2 heterocycles. The van der Waals surface area contributed by atoms with E-state index in [4.69, 9.17) is 17.4 Å². The minimum atomic E-state index is -0.565. The number of nitrogens with zero attached hydrogens (tertiary/aromatic N) is 5. The molecule has 3 N–H and O–H groups in total. The first-order chi connectivity index (χ1) is 14.6. The van der Waals surface area contributed by atoms with Crippen LogP contribution in [0.25, 0.3) is 21.8 Å². The number of aromatic nitrogens is 2. The number of halogens is 1. The summed E-state index contributed by atoms with van der Waals surface area (Å²) in [6.45, 7) is 11.6. The molecular formula is C22H23FN6O. The van der Waals surface area contributed by atoms with Crippen molar-refractivity contribution in [2.24, 2.45) is 0 Å². The highest BCUT2D eigenvalue weighted by Crippen LogP contribution is 2.29. The molecule has 1 aromatic heterocycles. The molecule has 4 rings (SSSR count). The molecule has 2 aromatic carbocycles. The Morgan fingerprint density at radius 3 is 2.37 bits per heavy atom. The Hall–Kier alpha value is -3.41. The Kier molecular flexibility index (Phi) is 5.65. The zero-order valence-electron chi connectivity index (χ0n) is 16.5. The maximum Gasteiger partial charge on any atom is 0.222 e. The van der Waals surface area contributed by atoms with E-state index in [9.17, 15) is 4.39 Å². The molecule has 8 heteroatoms. The van der Waals surface area contributed by atoms with Gasteiger partial charge in [0.25, 0.3) is 0 Å². The standard InChI is InChI=1S/C22H23FN6O/c1-25-20-7-2-16(14-19(20)23)21-15-22(24)26-29(21)18-5-3-17(4-6-18)28-10-8-27(9-11-28)12-13-30/h2-7,14-15,30H,8-13H2,(H2,24,26). The number of benzene rings is 2. The smallest absolute Gasteiger partial charge is 0.222 e. The summed E-state index contributed by atoms with van der Waals surface area (Å²) < 4.78 is 15.8. The molecule has 1 aliphatic heterocycles. The molecule has 0 amide bonds. The molecule has 1 fully saturated rings. The maximum absolute atomic E-state index is 14.1. The molecule has 0 atom stereocenters. The van der Waals surface area contributed by atoms with Gasteiger partial charge in [0.15, 0.2) is 0 Å². The zero-order chi connectivity index (χ0) is 21.1. The average molecular weight is 406 g/mol. The number of nitrogens with two attached hydrogens (primary N) is 1. The first-order valence-electron chi connectivity index (χ1n) is 9.80. The van der Waals surface area contributed by atoms with E-state index >= 15 is 0 Å². The van der Waals surface area contributed by atoms with Gasteiger partial charge in [-0.3, -0.25) is 4.90 Å². The van der Waals surface area contributed by atoms with Crippen LogP contribution in [-0.2, 0) is 0 Å². The number of piperazine rings is 1. The number of aliphatic hydroxyl groups excluding tert-OH is 1. The Morgan fingerprint density at radius 2 is 1.73 bits per heavy atom. The van der Waals surface area contributed by atoms with E-state index in [1.165, 1.54) is 12.1 Å². The lowest BCUT2D eigenvalue weighted by Gasteiger charge is -2.35. The molecule has 1 saturated heterocycles. The third kappa shape index (κ3) is 3.99. The predicted molar refractivity (Wildman–Crippen MR) is 115 cm³/mol. The number of nitrogen functional groups attached to an aromatic ring is 1. The molecule has 0 aliphatic carbocycles. The van der Waals surface area contributed by atoms with Gasteiger partial charge >= 0.3 is 0 Å². The van der Waals surface area contributed by atoms with Crippen molar-refractivity contribution >= 4 is 17.2 Å². The Bertz CT molecular complexity index is 1060. The van der Waals surface area contributed by atoms with Crippen LogP contribution in [-0.4, -0.2) is 59.1 Å². The lowest BCUT2D eigenvalue weighted by atomic mass is 10.1. The number of hydrogen-bond acceptors (Lipinski definition) is 5. The molecule has 0 spiro atoms. The molecule has 0 bridgehead atoms. The van der Waals surface area contributed by atoms with Crippen molar-refractivity contribution in [1.29, 1.82) is 0 Å². The zero-order valence-corrected chi connectivity index (χ0v) is 16.5. The normalized spacial score (nSPS) is 14.6. The van der Waals surface area contributed by atoms with Crippen LogP contribution in [0, 0.1) is 12.4 Å². The lowest BCUT2D eigenvalue weighted by Crippen LogP contribution is -2.47. The van der Waals surface area contributed by atoms with Gasteiger partial charge in [0, 0.05) is 50.0 Å². The minimum absolute atomic E-state index is 0.0128. The van der Waals surface area contributed by atoms with Crippen LogP contribution in [0.15, 0.2) is 48.5 Å². The summed E-state index contributed by atoms with van der Waals surface area (Å²) in [5.74, 6) is -0.228. The van der Waals surface area contributed by atoms with Gasteiger partial charge in [0.1, 0.15) is 11.6 Å². The first kappa shape index (κ1) is 19.9. The van der Waals surface area contributed by atoms with Crippen LogP contribution in [0.3, 0.4) is 0 Å². The van der Waals surface area contributed by atoms with Crippen LogP contribution in [0.4, 0.5) is 21.6 Å². The second kappa shape index (κ2) is 8.53. The van der Waals surface area contributed by atoms with Crippen molar-refractivity contribution in [2.45, 2.75) is 0 Å². The second-order valence-electron chi connectivity index (χ2n) is 7.21. The van der Waals surface area contributed by atoms with Gasteiger partial charge in [-0.05, 0) is 30.3 Å². The van der Waals surface area contributed by atoms with Crippen molar-refractivity contribution in [3.8, 4) is 16.9 Å². The molecule has 7 nitrogen and oxygen atoms in total. The number of hydrogen-bond donors (Lipinski definition) is 2. The number of aliphatic hydroxyl groups is 1. The minimum Gasteiger partial charge on any atom is -0.395 e. The summed E-state index contributed by atoms with van der Waals surface area (Å²) in [6, 6.07) is 14.2. The third-order valence-electron chi connectivity index (χ3n) is 5.34. The van der Waals surface area contributed by atoms with Crippen molar-refractivity contribution in [3.05, 3.63) is 65.8 Å². The molecule has 1 aliphatic rings. The highest BCUT2D eigenvalue weighted by Gasteiger charge is 2.17. The molecule has 3 aromatic rings. The summed E-state index contributed by atoms with van der Waals surface area (Å²) in [6.07, 6.45) is 0. The van der Waals surface area contributed by atoms with E-state index < -0.39 is 5.82 Å². The predicted octanol–water partition coefficient (Wildman–Crippen LogP) is 2.93. The molecule has 0 unspecified atom stereocenters. The fourth-order valence-electron chi connectivity index (χ4n) is 3.73. The fourth-order valence-corrected chi connectivity index (χ4v) is 3.73. The van der Waals surface area contributed by atoms with Crippen LogP contribution >= 0.6 is 0 Å². The first-order valence-corrected chi connectivity index (χ1v) is 9.80. The maximum atomic E-state index is 14.1. The van der Waals surface area contributed by atoms with Crippen molar-refractivity contribution in [1.82, 2.24) is 14.7 Å². The highest BCUT2D eigenvalue weighted by molar-refractivity contribution is 5.68. The van der Waals surface area contributed by atoms with E-state index in [1.54, 1.807) is 16.8 Å². The summed E-state index contributed by atoms with van der Waals surface area (Å²) in [5, 5.41) is 13.5. The summed E-state index contributed by atoms with van der Waals surface area (Å²) >= 11 is 0. The summed E-state index contributed by atoms with van der Waals surface area (Å²) in [7, 11) is 0. The average Bonchev–Trinajstić information content (AvgIpc) is 3.16. The van der Waals surface area contributed by atoms with E-state index in [2.05, 4.69) is 19.7 Å². The molecule has 0 saturated carbocycles. The topological polar surface area (TPSA) is 74.9 Å². The van der Waals surface area contributed by atoms with Gasteiger partial charge in [0.05, 0.1) is 24.6 Å². The van der Waals surface area contributed by atoms with Gasteiger partial charge in [0.2, 0.25) is 5.69 Å². The van der Waals surface area contributed by atoms with E-state index in [0.717, 1.165) is 37.6 Å². The second-order valence-corrected chi connectivity index (χ2v) is 7.21. The van der Waals surface area contributed by atoms with Crippen molar-refractivity contribution < 1.29 is 9.50 Å². The van der Waals surface area contributed by atoms with E-state index in [-0.39, 0.29) is 12.3 Å². The molecular weight excluding hydrogens is 383 g/mol. The van der Waals surface area contributed by atoms with Gasteiger partial charge in [-0.1, -0.05) is 12.1 Å². The van der Waals surface area contributed by atoms with Crippen molar-refractivity contribution in [3.63, 3.8) is 0 Å². The molecule has 30 heavy (non-hydrogen) atoms. The van der Waals surface area contributed by atoms with E-state index in [1.807, 2.05) is 24.3 Å². The Labute approximate surface area is 174 Å². The quantitative estimate of drug-likeness (QED) is 0.638. The molecule has 0 radical (unpaired) electrons. The van der Waals surface area contributed by atoms with Crippen LogP contribution in [0.2, 0.25) is 0 Å². The van der Waals surface area contributed by atoms with Gasteiger partial charge < -0.3 is 15.7 Å². The number of anilines is 2. The van der Waals surface area contributed by atoms with E-state index in [0.29, 0.717) is 23.6 Å². The van der Waals surface area contributed by atoms with Crippen LogP contribution in [0.5, 0.6) is 0 Å². The third-order valence-corrected chi connectivity index (χ3v) is 5.34. The number of β-amino-alcohol motifs (C(OH)–C–C–N with tert-alkyl or cyclic N) is 1. The summed E-state index contributed by atoms with van der Waals surface area (Å²) in [5.41, 5.74) is 9.12. The van der Waals surface area contributed by atoms with Crippen LogP contribution in [0.1, 0.15) is 0 Å². The lowest BCUT2D eigenvalue weighted by molar-refractivity contribution is 0.189.